The summed E-state index contributed by atoms with van der Waals surface area (Å²) in [5.74, 6) is 0.212. The van der Waals surface area contributed by atoms with Crippen molar-refractivity contribution in [2.45, 2.75) is 12.8 Å². The van der Waals surface area contributed by atoms with Crippen LogP contribution in [0.2, 0.25) is 0 Å². The number of amides is 1. The van der Waals surface area contributed by atoms with Gasteiger partial charge in [0.15, 0.2) is 5.43 Å². The van der Waals surface area contributed by atoms with Crippen LogP contribution < -0.4 is 11.2 Å². The van der Waals surface area contributed by atoms with Gasteiger partial charge in [-0.25, -0.2) is 0 Å². The molecule has 1 aliphatic rings. The lowest BCUT2D eigenvalue weighted by Crippen LogP contribution is -2.33. The van der Waals surface area contributed by atoms with Crippen molar-refractivity contribution in [1.82, 2.24) is 9.88 Å². The second kappa shape index (κ2) is 7.64. The van der Waals surface area contributed by atoms with E-state index in [0.717, 1.165) is 5.69 Å². The molecule has 6 heteroatoms. The Bertz CT molecular complexity index is 760. The third kappa shape index (κ3) is 3.52. The van der Waals surface area contributed by atoms with Crippen LogP contribution in [0, 0.1) is 12.8 Å². The molecule has 3 N–H and O–H groups in total. The highest BCUT2D eigenvalue weighted by Gasteiger charge is 2.36. The zero-order chi connectivity index (χ0) is 16.4. The molecular formula is C18H22ClN3O2. The van der Waals surface area contributed by atoms with Gasteiger partial charge in [0, 0.05) is 37.0 Å². The highest BCUT2D eigenvalue weighted by atomic mass is 35.5. The number of nitrogens with zero attached hydrogens (tertiary/aromatic N) is 1. The van der Waals surface area contributed by atoms with Crippen LogP contribution >= 0.6 is 12.4 Å². The fourth-order valence-corrected chi connectivity index (χ4v) is 3.26. The number of halogens is 1. The zero-order valence-electron chi connectivity index (χ0n) is 13.6. The van der Waals surface area contributed by atoms with Crippen LogP contribution in [0.1, 0.15) is 27.5 Å². The van der Waals surface area contributed by atoms with Crippen LogP contribution in [0.15, 0.2) is 47.4 Å². The maximum absolute atomic E-state index is 12.7. The van der Waals surface area contributed by atoms with Crippen LogP contribution in [0.25, 0.3) is 0 Å². The number of hydrogen-bond acceptors (Lipinski definition) is 3. The Balaban J connectivity index is 0.00000208. The maximum Gasteiger partial charge on any atom is 0.259 e. The second-order valence-corrected chi connectivity index (χ2v) is 6.12. The molecule has 0 radical (unpaired) electrons. The van der Waals surface area contributed by atoms with Crippen molar-refractivity contribution in [3.05, 3.63) is 69.6 Å². The number of benzene rings is 1. The van der Waals surface area contributed by atoms with E-state index in [0.29, 0.717) is 19.6 Å². The monoisotopic (exact) mass is 347 g/mol. The first kappa shape index (κ1) is 18.2. The van der Waals surface area contributed by atoms with E-state index in [-0.39, 0.29) is 41.1 Å². The van der Waals surface area contributed by atoms with Crippen molar-refractivity contribution < 1.29 is 4.79 Å². The summed E-state index contributed by atoms with van der Waals surface area (Å²) in [7, 11) is 0. The van der Waals surface area contributed by atoms with Gasteiger partial charge in [0.05, 0.1) is 0 Å². The smallest absolute Gasteiger partial charge is 0.259 e. The molecule has 1 aromatic heterocycles. The molecule has 0 bridgehead atoms. The molecule has 0 aliphatic carbocycles. The van der Waals surface area contributed by atoms with E-state index in [2.05, 4.69) is 17.1 Å². The maximum atomic E-state index is 12.7. The van der Waals surface area contributed by atoms with Gasteiger partial charge in [0.2, 0.25) is 0 Å². The van der Waals surface area contributed by atoms with E-state index in [1.54, 1.807) is 11.8 Å². The van der Waals surface area contributed by atoms with Crippen molar-refractivity contribution in [2.24, 2.45) is 11.7 Å². The largest absolute Gasteiger partial charge is 0.364 e. The van der Waals surface area contributed by atoms with Gasteiger partial charge in [-0.3, -0.25) is 9.59 Å². The molecule has 1 aliphatic heterocycles. The summed E-state index contributed by atoms with van der Waals surface area (Å²) in [4.78, 5) is 29.4. The van der Waals surface area contributed by atoms with Crippen molar-refractivity contribution >= 4 is 18.3 Å². The summed E-state index contributed by atoms with van der Waals surface area (Å²) in [6.45, 7) is 3.50. The number of rotatable bonds is 3. The van der Waals surface area contributed by atoms with E-state index in [1.165, 1.54) is 17.8 Å². The Morgan fingerprint density at radius 3 is 2.62 bits per heavy atom. The quantitative estimate of drug-likeness (QED) is 0.890. The van der Waals surface area contributed by atoms with Crippen molar-refractivity contribution in [2.75, 3.05) is 19.6 Å². The van der Waals surface area contributed by atoms with E-state index < -0.39 is 0 Å². The highest BCUT2D eigenvalue weighted by molar-refractivity contribution is 5.94. The van der Waals surface area contributed by atoms with Crippen LogP contribution in [0.3, 0.4) is 0 Å². The van der Waals surface area contributed by atoms with Gasteiger partial charge in [0.25, 0.3) is 5.91 Å². The molecule has 5 nitrogen and oxygen atoms in total. The normalized spacial score (nSPS) is 19.8. The third-order valence-electron chi connectivity index (χ3n) is 4.55. The molecule has 2 heterocycles. The fourth-order valence-electron chi connectivity index (χ4n) is 3.26. The van der Waals surface area contributed by atoms with Gasteiger partial charge in [-0.1, -0.05) is 30.3 Å². The van der Waals surface area contributed by atoms with E-state index in [9.17, 15) is 9.59 Å². The molecule has 1 aromatic carbocycles. The lowest BCUT2D eigenvalue weighted by Gasteiger charge is -2.16. The Labute approximate surface area is 147 Å². The molecule has 2 atom stereocenters. The topological polar surface area (TPSA) is 79.2 Å². The number of carbonyl (C=O) groups excluding carboxylic acids is 1. The Morgan fingerprint density at radius 1 is 1.29 bits per heavy atom. The molecule has 24 heavy (non-hydrogen) atoms. The fraction of sp³-hybridized carbons (Fsp3) is 0.333. The van der Waals surface area contributed by atoms with E-state index in [1.807, 2.05) is 18.2 Å². The number of nitrogens with one attached hydrogen (secondary N) is 1. The molecular weight excluding hydrogens is 326 g/mol. The molecule has 3 rings (SSSR count). The summed E-state index contributed by atoms with van der Waals surface area (Å²) in [6.07, 6.45) is 1.51. The van der Waals surface area contributed by atoms with Gasteiger partial charge in [0.1, 0.15) is 5.56 Å². The number of aryl methyl sites for hydroxylation is 1. The lowest BCUT2D eigenvalue weighted by atomic mass is 9.89. The summed E-state index contributed by atoms with van der Waals surface area (Å²) in [5, 5.41) is 0. The van der Waals surface area contributed by atoms with Crippen LogP contribution in [-0.2, 0) is 0 Å². The highest BCUT2D eigenvalue weighted by Crippen LogP contribution is 2.32. The standard InChI is InChI=1S/C18H21N3O2.ClH/c1-12-7-17(22)15(9-20-12)18(23)21-10-14(8-19)16(11-21)13-5-3-2-4-6-13;/h2-7,9,14,16H,8,10-11,19H2,1H3,(H,20,22);1H/t14-,16+;/m1./s1. The Kier molecular flexibility index (Phi) is 5.80. The number of carbonyl (C=O) groups is 1. The predicted octanol–water partition coefficient (Wildman–Crippen LogP) is 1.92. The number of likely N-dealkylation sites (tertiary alicyclic amines) is 1. The molecule has 0 unspecified atom stereocenters. The van der Waals surface area contributed by atoms with Crippen molar-refractivity contribution in [3.8, 4) is 0 Å². The van der Waals surface area contributed by atoms with Crippen molar-refractivity contribution in [1.29, 1.82) is 0 Å². The first-order valence-corrected chi connectivity index (χ1v) is 7.83. The molecule has 128 valence electrons. The summed E-state index contributed by atoms with van der Waals surface area (Å²) in [6, 6.07) is 11.6. The summed E-state index contributed by atoms with van der Waals surface area (Å²) >= 11 is 0. The van der Waals surface area contributed by atoms with E-state index in [4.69, 9.17) is 5.73 Å². The minimum absolute atomic E-state index is 0. The average molecular weight is 348 g/mol. The van der Waals surface area contributed by atoms with Gasteiger partial charge in [-0.2, -0.15) is 0 Å². The van der Waals surface area contributed by atoms with Gasteiger partial charge in [-0.15, -0.1) is 12.4 Å². The molecule has 1 amide bonds. The van der Waals surface area contributed by atoms with Gasteiger partial charge in [-0.05, 0) is 24.9 Å². The SMILES string of the molecule is Cc1cc(=O)c(C(=O)N2C[C@@H](CN)[C@H](c3ccccc3)C2)c[nH]1.Cl. The van der Waals surface area contributed by atoms with Gasteiger partial charge < -0.3 is 15.6 Å². The van der Waals surface area contributed by atoms with Crippen LogP contribution in [0.4, 0.5) is 0 Å². The lowest BCUT2D eigenvalue weighted by molar-refractivity contribution is 0.0784. The number of aromatic nitrogens is 1. The number of aromatic amines is 1. The van der Waals surface area contributed by atoms with Gasteiger partial charge >= 0.3 is 0 Å². The number of nitrogens with two attached hydrogens (primary N) is 1. The number of pyridine rings is 1. The number of H-pyrrole nitrogens is 1. The zero-order valence-corrected chi connectivity index (χ0v) is 14.4. The minimum Gasteiger partial charge on any atom is -0.364 e. The Morgan fingerprint density at radius 2 is 2.00 bits per heavy atom. The average Bonchev–Trinajstić information content (AvgIpc) is 2.99. The number of hydrogen-bond donors (Lipinski definition) is 2. The second-order valence-electron chi connectivity index (χ2n) is 6.12. The van der Waals surface area contributed by atoms with Crippen molar-refractivity contribution in [3.63, 3.8) is 0 Å². The molecule has 1 fully saturated rings. The Hall–Kier alpha value is -2.11. The minimum atomic E-state index is -0.237. The first-order valence-electron chi connectivity index (χ1n) is 7.83. The first-order chi connectivity index (χ1) is 11.1. The molecule has 0 spiro atoms. The van der Waals surface area contributed by atoms with Crippen LogP contribution in [-0.4, -0.2) is 35.4 Å². The summed E-state index contributed by atoms with van der Waals surface area (Å²) < 4.78 is 0. The molecule has 2 aromatic rings. The van der Waals surface area contributed by atoms with Crippen LogP contribution in [0.5, 0.6) is 0 Å². The molecule has 0 saturated carbocycles. The molecule has 1 saturated heterocycles. The third-order valence-corrected chi connectivity index (χ3v) is 4.55. The predicted molar refractivity (Wildman–Crippen MR) is 96.7 cm³/mol. The summed E-state index contributed by atoms with van der Waals surface area (Å²) in [5.41, 5.74) is 7.80. The van der Waals surface area contributed by atoms with E-state index >= 15 is 0 Å².